The fraction of sp³-hybridized carbons (Fsp3) is 0.263. The summed E-state index contributed by atoms with van der Waals surface area (Å²) in [6.45, 7) is 3.34. The topological polar surface area (TPSA) is 85.9 Å². The molecule has 1 aliphatic rings. The molecule has 0 aromatic heterocycles. The SMILES string of the molecule is CC(=O)Nc1ccccc1OCC(=O)N[C@@H](C)c1ccc2c(c1)OCO2. The van der Waals surface area contributed by atoms with Crippen LogP contribution in [0.15, 0.2) is 42.5 Å². The molecule has 7 heteroatoms. The Morgan fingerprint density at radius 2 is 1.92 bits per heavy atom. The van der Waals surface area contributed by atoms with Crippen molar-refractivity contribution in [1.29, 1.82) is 0 Å². The predicted octanol–water partition coefficient (Wildman–Crippen LogP) is 2.63. The molecule has 3 rings (SSSR count). The van der Waals surface area contributed by atoms with E-state index in [0.717, 1.165) is 5.56 Å². The lowest BCUT2D eigenvalue weighted by Gasteiger charge is -2.16. The maximum Gasteiger partial charge on any atom is 0.258 e. The van der Waals surface area contributed by atoms with Gasteiger partial charge in [0, 0.05) is 6.92 Å². The van der Waals surface area contributed by atoms with Crippen LogP contribution in [0.2, 0.25) is 0 Å². The van der Waals surface area contributed by atoms with Crippen LogP contribution in [0.5, 0.6) is 17.2 Å². The number of para-hydroxylation sites is 2. The molecule has 0 saturated heterocycles. The van der Waals surface area contributed by atoms with Gasteiger partial charge in [0.25, 0.3) is 5.91 Å². The van der Waals surface area contributed by atoms with Crippen molar-refractivity contribution in [3.05, 3.63) is 48.0 Å². The summed E-state index contributed by atoms with van der Waals surface area (Å²) in [6.07, 6.45) is 0. The van der Waals surface area contributed by atoms with E-state index in [-0.39, 0.29) is 31.3 Å². The zero-order valence-corrected chi connectivity index (χ0v) is 14.6. The molecule has 1 aliphatic heterocycles. The number of fused-ring (bicyclic) bond motifs is 1. The second-order valence-corrected chi connectivity index (χ2v) is 5.87. The van der Waals surface area contributed by atoms with Gasteiger partial charge in [-0.2, -0.15) is 0 Å². The number of hydrogen-bond acceptors (Lipinski definition) is 5. The average molecular weight is 356 g/mol. The first-order valence-electron chi connectivity index (χ1n) is 8.21. The molecule has 0 spiro atoms. The van der Waals surface area contributed by atoms with Crippen LogP contribution in [0.25, 0.3) is 0 Å². The summed E-state index contributed by atoms with van der Waals surface area (Å²) >= 11 is 0. The van der Waals surface area contributed by atoms with Gasteiger partial charge in [-0.05, 0) is 36.8 Å². The summed E-state index contributed by atoms with van der Waals surface area (Å²) in [6, 6.07) is 12.3. The Bertz CT molecular complexity index is 821. The molecule has 0 fully saturated rings. The molecule has 26 heavy (non-hydrogen) atoms. The lowest BCUT2D eigenvalue weighted by Crippen LogP contribution is -2.31. The standard InChI is InChI=1S/C19H20N2O5/c1-12(14-7-8-17-18(9-14)26-11-25-17)20-19(23)10-24-16-6-4-3-5-15(16)21-13(2)22/h3-9,12H,10-11H2,1-2H3,(H,20,23)(H,21,22)/t12-/m0/s1. The van der Waals surface area contributed by atoms with Gasteiger partial charge >= 0.3 is 0 Å². The number of nitrogens with one attached hydrogen (secondary N) is 2. The van der Waals surface area contributed by atoms with Crippen LogP contribution in [-0.2, 0) is 9.59 Å². The van der Waals surface area contributed by atoms with Crippen molar-refractivity contribution in [2.24, 2.45) is 0 Å². The van der Waals surface area contributed by atoms with E-state index in [0.29, 0.717) is 22.9 Å². The van der Waals surface area contributed by atoms with E-state index in [1.54, 1.807) is 24.3 Å². The van der Waals surface area contributed by atoms with Gasteiger partial charge in [0.05, 0.1) is 11.7 Å². The van der Waals surface area contributed by atoms with Crippen LogP contribution in [0.3, 0.4) is 0 Å². The molecule has 7 nitrogen and oxygen atoms in total. The van der Waals surface area contributed by atoms with E-state index < -0.39 is 0 Å². The van der Waals surface area contributed by atoms with Crippen molar-refractivity contribution >= 4 is 17.5 Å². The largest absolute Gasteiger partial charge is 0.482 e. The third kappa shape index (κ3) is 4.24. The first-order chi connectivity index (χ1) is 12.5. The normalized spacial score (nSPS) is 13.0. The van der Waals surface area contributed by atoms with Crippen molar-refractivity contribution in [3.63, 3.8) is 0 Å². The van der Waals surface area contributed by atoms with Crippen LogP contribution in [0.4, 0.5) is 5.69 Å². The van der Waals surface area contributed by atoms with Gasteiger partial charge in [0.1, 0.15) is 5.75 Å². The van der Waals surface area contributed by atoms with Gasteiger partial charge in [0.2, 0.25) is 12.7 Å². The minimum Gasteiger partial charge on any atom is -0.482 e. The van der Waals surface area contributed by atoms with Crippen molar-refractivity contribution in [3.8, 4) is 17.2 Å². The first-order valence-corrected chi connectivity index (χ1v) is 8.21. The van der Waals surface area contributed by atoms with Crippen LogP contribution >= 0.6 is 0 Å². The molecule has 0 bridgehead atoms. The van der Waals surface area contributed by atoms with Crippen LogP contribution in [0, 0.1) is 0 Å². The van der Waals surface area contributed by atoms with Crippen molar-refractivity contribution in [2.75, 3.05) is 18.7 Å². The van der Waals surface area contributed by atoms with E-state index in [2.05, 4.69) is 10.6 Å². The number of amides is 2. The molecule has 2 aromatic rings. The van der Waals surface area contributed by atoms with Crippen molar-refractivity contribution in [2.45, 2.75) is 19.9 Å². The van der Waals surface area contributed by atoms with E-state index in [9.17, 15) is 9.59 Å². The molecule has 0 radical (unpaired) electrons. The zero-order valence-electron chi connectivity index (χ0n) is 14.6. The second kappa shape index (κ2) is 7.77. The maximum atomic E-state index is 12.2. The maximum absolute atomic E-state index is 12.2. The molecular weight excluding hydrogens is 336 g/mol. The zero-order chi connectivity index (χ0) is 18.5. The number of carbonyl (C=O) groups excluding carboxylic acids is 2. The number of anilines is 1. The summed E-state index contributed by atoms with van der Waals surface area (Å²) in [5, 5.41) is 5.54. The third-order valence-corrected chi connectivity index (χ3v) is 3.83. The summed E-state index contributed by atoms with van der Waals surface area (Å²) in [4.78, 5) is 23.4. The molecular formula is C19H20N2O5. The highest BCUT2D eigenvalue weighted by molar-refractivity contribution is 5.90. The minimum atomic E-state index is -0.271. The Morgan fingerprint density at radius 1 is 1.15 bits per heavy atom. The van der Waals surface area contributed by atoms with Crippen molar-refractivity contribution in [1.82, 2.24) is 5.32 Å². The number of rotatable bonds is 6. The molecule has 2 N–H and O–H groups in total. The fourth-order valence-electron chi connectivity index (χ4n) is 2.58. The highest BCUT2D eigenvalue weighted by atomic mass is 16.7. The lowest BCUT2D eigenvalue weighted by atomic mass is 10.1. The smallest absolute Gasteiger partial charge is 0.258 e. The Kier molecular flexibility index (Phi) is 5.26. The molecule has 1 heterocycles. The van der Waals surface area contributed by atoms with Crippen molar-refractivity contribution < 1.29 is 23.8 Å². The molecule has 2 amide bonds. The summed E-state index contributed by atoms with van der Waals surface area (Å²) in [5.74, 6) is 1.33. The third-order valence-electron chi connectivity index (χ3n) is 3.83. The molecule has 0 aliphatic carbocycles. The van der Waals surface area contributed by atoms with E-state index in [1.807, 2.05) is 25.1 Å². The Balaban J connectivity index is 1.57. The summed E-state index contributed by atoms with van der Waals surface area (Å²) in [5.41, 5.74) is 1.43. The molecule has 1 atom stereocenters. The van der Waals surface area contributed by atoms with E-state index in [1.165, 1.54) is 6.92 Å². The monoisotopic (exact) mass is 356 g/mol. The Morgan fingerprint density at radius 3 is 2.73 bits per heavy atom. The molecule has 0 saturated carbocycles. The number of carbonyl (C=O) groups is 2. The summed E-state index contributed by atoms with van der Waals surface area (Å²) < 4.78 is 16.2. The van der Waals surface area contributed by atoms with E-state index in [4.69, 9.17) is 14.2 Å². The number of ether oxygens (including phenoxy) is 3. The van der Waals surface area contributed by atoms with Gasteiger partial charge in [-0.15, -0.1) is 0 Å². The van der Waals surface area contributed by atoms with Gasteiger partial charge < -0.3 is 24.8 Å². The minimum absolute atomic E-state index is 0.161. The van der Waals surface area contributed by atoms with Crippen LogP contribution < -0.4 is 24.8 Å². The highest BCUT2D eigenvalue weighted by Crippen LogP contribution is 2.34. The quantitative estimate of drug-likeness (QED) is 0.831. The first kappa shape index (κ1) is 17.6. The Labute approximate surface area is 151 Å². The molecule has 2 aromatic carbocycles. The van der Waals surface area contributed by atoms with Gasteiger partial charge in [-0.3, -0.25) is 9.59 Å². The predicted molar refractivity (Wildman–Crippen MR) is 95.4 cm³/mol. The number of hydrogen-bond donors (Lipinski definition) is 2. The van der Waals surface area contributed by atoms with Crippen LogP contribution in [-0.4, -0.2) is 25.2 Å². The summed E-state index contributed by atoms with van der Waals surface area (Å²) in [7, 11) is 0. The molecule has 0 unspecified atom stereocenters. The second-order valence-electron chi connectivity index (χ2n) is 5.87. The molecule has 136 valence electrons. The average Bonchev–Trinajstić information content (AvgIpc) is 3.08. The Hall–Kier alpha value is -3.22. The highest BCUT2D eigenvalue weighted by Gasteiger charge is 2.17. The number of benzene rings is 2. The van der Waals surface area contributed by atoms with Gasteiger partial charge in [0.15, 0.2) is 18.1 Å². The van der Waals surface area contributed by atoms with E-state index >= 15 is 0 Å². The lowest BCUT2D eigenvalue weighted by molar-refractivity contribution is -0.123. The van der Waals surface area contributed by atoms with Gasteiger partial charge in [-0.25, -0.2) is 0 Å². The van der Waals surface area contributed by atoms with Crippen LogP contribution in [0.1, 0.15) is 25.5 Å². The fourth-order valence-corrected chi connectivity index (χ4v) is 2.58. The van der Waals surface area contributed by atoms with Gasteiger partial charge in [-0.1, -0.05) is 18.2 Å².